The fourth-order valence-corrected chi connectivity index (χ4v) is 1.79. The number of esters is 1. The topological polar surface area (TPSA) is 29.5 Å². The third-order valence-corrected chi connectivity index (χ3v) is 2.55. The van der Waals surface area contributed by atoms with E-state index in [9.17, 15) is 4.79 Å². The van der Waals surface area contributed by atoms with Crippen molar-refractivity contribution in [2.75, 3.05) is 13.2 Å². The largest absolute Gasteiger partial charge is 0.465 e. The molecule has 0 aromatic carbocycles. The summed E-state index contributed by atoms with van der Waals surface area (Å²) in [5.41, 5.74) is 0. The molecule has 3 nitrogen and oxygen atoms in total. The van der Waals surface area contributed by atoms with Crippen molar-refractivity contribution in [3.8, 4) is 0 Å². The maximum absolute atomic E-state index is 11.4. The zero-order valence-corrected chi connectivity index (χ0v) is 10.7. The first-order valence-corrected chi connectivity index (χ1v) is 5.94. The molecule has 0 aliphatic rings. The summed E-state index contributed by atoms with van der Waals surface area (Å²) in [6.07, 6.45) is 2.27. The van der Waals surface area contributed by atoms with Crippen LogP contribution in [0.5, 0.6) is 0 Å². The van der Waals surface area contributed by atoms with Crippen LogP contribution in [-0.2, 0) is 9.53 Å². The molecule has 1 atom stereocenters. The van der Waals surface area contributed by atoms with Crippen LogP contribution in [0.1, 0.15) is 47.5 Å². The summed E-state index contributed by atoms with van der Waals surface area (Å²) < 4.78 is 4.97. The molecule has 0 N–H and O–H groups in total. The third-order valence-electron chi connectivity index (χ3n) is 2.55. The maximum atomic E-state index is 11.4. The van der Waals surface area contributed by atoms with E-state index in [0.717, 1.165) is 12.8 Å². The van der Waals surface area contributed by atoms with Gasteiger partial charge < -0.3 is 4.74 Å². The molecule has 0 radical (unpaired) electrons. The molecule has 1 unspecified atom stereocenters. The Morgan fingerprint density at radius 3 is 2.27 bits per heavy atom. The standard InChI is InChI=1S/C12H25NO2/c1-6-8-11(5)13(10(3)4)9-12(14)15-7-2/h10-11H,6-9H2,1-5H3. The van der Waals surface area contributed by atoms with Crippen LogP contribution in [0, 0.1) is 0 Å². The van der Waals surface area contributed by atoms with Gasteiger partial charge in [-0.2, -0.15) is 0 Å². The van der Waals surface area contributed by atoms with Crippen LogP contribution in [0.15, 0.2) is 0 Å². The van der Waals surface area contributed by atoms with Gasteiger partial charge in [-0.15, -0.1) is 0 Å². The summed E-state index contributed by atoms with van der Waals surface area (Å²) in [4.78, 5) is 13.6. The second-order valence-electron chi connectivity index (χ2n) is 4.21. The van der Waals surface area contributed by atoms with Crippen molar-refractivity contribution >= 4 is 5.97 Å². The zero-order valence-electron chi connectivity index (χ0n) is 10.7. The van der Waals surface area contributed by atoms with Gasteiger partial charge >= 0.3 is 5.97 Å². The van der Waals surface area contributed by atoms with Crippen LogP contribution in [-0.4, -0.2) is 36.1 Å². The van der Waals surface area contributed by atoms with Crippen molar-refractivity contribution in [3.05, 3.63) is 0 Å². The van der Waals surface area contributed by atoms with Gasteiger partial charge in [0.25, 0.3) is 0 Å². The van der Waals surface area contributed by atoms with Crippen molar-refractivity contribution in [3.63, 3.8) is 0 Å². The molecule has 0 aliphatic heterocycles. The number of hydrogen-bond donors (Lipinski definition) is 0. The maximum Gasteiger partial charge on any atom is 0.320 e. The number of ether oxygens (including phenoxy) is 1. The Morgan fingerprint density at radius 1 is 1.27 bits per heavy atom. The lowest BCUT2D eigenvalue weighted by molar-refractivity contribution is -0.145. The predicted molar refractivity (Wildman–Crippen MR) is 62.8 cm³/mol. The minimum absolute atomic E-state index is 0.117. The van der Waals surface area contributed by atoms with Gasteiger partial charge in [0.2, 0.25) is 0 Å². The Labute approximate surface area is 93.8 Å². The van der Waals surface area contributed by atoms with Crippen LogP contribution in [0.2, 0.25) is 0 Å². The Hall–Kier alpha value is -0.570. The SMILES string of the molecule is CCCC(C)N(CC(=O)OCC)C(C)C. The average molecular weight is 215 g/mol. The predicted octanol–water partition coefficient (Wildman–Crippen LogP) is 2.45. The van der Waals surface area contributed by atoms with Gasteiger partial charge in [-0.1, -0.05) is 13.3 Å². The van der Waals surface area contributed by atoms with Gasteiger partial charge in [0.1, 0.15) is 0 Å². The molecule has 0 aromatic rings. The molecule has 0 amide bonds. The molecule has 15 heavy (non-hydrogen) atoms. The molecule has 0 fully saturated rings. The second kappa shape index (κ2) is 7.69. The highest BCUT2D eigenvalue weighted by molar-refractivity contribution is 5.71. The summed E-state index contributed by atoms with van der Waals surface area (Å²) in [5, 5.41) is 0. The van der Waals surface area contributed by atoms with Crippen molar-refractivity contribution in [1.82, 2.24) is 4.90 Å². The highest BCUT2D eigenvalue weighted by Gasteiger charge is 2.19. The normalized spacial score (nSPS) is 13.3. The van der Waals surface area contributed by atoms with Gasteiger partial charge in [-0.25, -0.2) is 0 Å². The number of nitrogens with zero attached hydrogens (tertiary/aromatic N) is 1. The highest BCUT2D eigenvalue weighted by Crippen LogP contribution is 2.10. The summed E-state index contributed by atoms with van der Waals surface area (Å²) in [7, 11) is 0. The van der Waals surface area contributed by atoms with E-state index in [1.165, 1.54) is 0 Å². The molecule has 0 heterocycles. The van der Waals surface area contributed by atoms with Gasteiger partial charge in [0, 0.05) is 12.1 Å². The zero-order chi connectivity index (χ0) is 11.8. The smallest absolute Gasteiger partial charge is 0.320 e. The van der Waals surface area contributed by atoms with E-state index in [0.29, 0.717) is 25.2 Å². The molecule has 0 aromatic heterocycles. The summed E-state index contributed by atoms with van der Waals surface area (Å²) >= 11 is 0. The van der Waals surface area contributed by atoms with E-state index in [1.807, 2.05) is 6.92 Å². The number of rotatable bonds is 7. The Kier molecular flexibility index (Phi) is 7.39. The van der Waals surface area contributed by atoms with Gasteiger partial charge in [-0.3, -0.25) is 9.69 Å². The average Bonchev–Trinajstić information content (AvgIpc) is 2.14. The monoisotopic (exact) mass is 215 g/mol. The van der Waals surface area contributed by atoms with E-state index in [1.54, 1.807) is 0 Å². The molecule has 0 aliphatic carbocycles. The van der Waals surface area contributed by atoms with Gasteiger partial charge in [0.15, 0.2) is 0 Å². The Bertz CT molecular complexity index is 180. The lowest BCUT2D eigenvalue weighted by Crippen LogP contribution is -2.42. The van der Waals surface area contributed by atoms with Gasteiger partial charge in [0.05, 0.1) is 13.2 Å². The lowest BCUT2D eigenvalue weighted by Gasteiger charge is -2.31. The summed E-state index contributed by atoms with van der Waals surface area (Å²) in [6, 6.07) is 0.829. The minimum Gasteiger partial charge on any atom is -0.465 e. The number of hydrogen-bond acceptors (Lipinski definition) is 3. The summed E-state index contributed by atoms with van der Waals surface area (Å²) in [6.45, 7) is 11.3. The Balaban J connectivity index is 4.20. The van der Waals surface area contributed by atoms with Crippen molar-refractivity contribution in [2.24, 2.45) is 0 Å². The van der Waals surface area contributed by atoms with Crippen LogP contribution in [0.3, 0.4) is 0 Å². The molecule has 0 bridgehead atoms. The first-order valence-electron chi connectivity index (χ1n) is 5.94. The lowest BCUT2D eigenvalue weighted by atomic mass is 10.1. The number of carbonyl (C=O) groups is 1. The fraction of sp³-hybridized carbons (Fsp3) is 0.917. The molecule has 0 saturated carbocycles. The third kappa shape index (κ3) is 5.78. The number of carbonyl (C=O) groups excluding carboxylic acids is 1. The minimum atomic E-state index is -0.117. The van der Waals surface area contributed by atoms with Crippen LogP contribution in [0.4, 0.5) is 0 Å². The summed E-state index contributed by atoms with van der Waals surface area (Å²) in [5.74, 6) is -0.117. The van der Waals surface area contributed by atoms with Gasteiger partial charge in [-0.05, 0) is 34.1 Å². The molecule has 0 spiro atoms. The molecule has 90 valence electrons. The fourth-order valence-electron chi connectivity index (χ4n) is 1.79. The second-order valence-corrected chi connectivity index (χ2v) is 4.21. The Morgan fingerprint density at radius 2 is 1.87 bits per heavy atom. The first kappa shape index (κ1) is 14.4. The molecular weight excluding hydrogens is 190 g/mol. The van der Waals surface area contributed by atoms with Crippen LogP contribution in [0.25, 0.3) is 0 Å². The van der Waals surface area contributed by atoms with Crippen molar-refractivity contribution in [1.29, 1.82) is 0 Å². The molecule has 0 rings (SSSR count). The van der Waals surface area contributed by atoms with Crippen LogP contribution < -0.4 is 0 Å². The quantitative estimate of drug-likeness (QED) is 0.611. The van der Waals surface area contributed by atoms with Crippen molar-refractivity contribution < 1.29 is 9.53 Å². The van der Waals surface area contributed by atoms with E-state index in [4.69, 9.17) is 4.74 Å². The van der Waals surface area contributed by atoms with E-state index < -0.39 is 0 Å². The van der Waals surface area contributed by atoms with Crippen LogP contribution >= 0.6 is 0 Å². The molecule has 0 saturated heterocycles. The molecule has 3 heteroatoms. The molecular formula is C12H25NO2. The first-order chi connectivity index (χ1) is 7.02. The van der Waals surface area contributed by atoms with Crippen molar-refractivity contribution in [2.45, 2.75) is 59.5 Å². The van der Waals surface area contributed by atoms with E-state index >= 15 is 0 Å². The highest BCUT2D eigenvalue weighted by atomic mass is 16.5. The van der Waals surface area contributed by atoms with E-state index in [2.05, 4.69) is 32.6 Å². The van der Waals surface area contributed by atoms with E-state index in [-0.39, 0.29) is 5.97 Å².